The second-order valence-electron chi connectivity index (χ2n) is 4.03. The van der Waals surface area contributed by atoms with E-state index >= 15 is 0 Å². The average Bonchev–Trinajstić information content (AvgIpc) is 2.98. The Morgan fingerprint density at radius 3 is 2.29 bits per heavy atom. The molecule has 0 bridgehead atoms. The summed E-state index contributed by atoms with van der Waals surface area (Å²) < 4.78 is 15.7. The Kier molecular flexibility index (Phi) is 5.15. The SMILES string of the molecule is COc1cc(NC(=O)NC2=NCCS2)cc(OC)c1OC. The highest BCUT2D eigenvalue weighted by Crippen LogP contribution is 2.39. The smallest absolute Gasteiger partial charge is 0.325 e. The third-order valence-corrected chi connectivity index (χ3v) is 3.62. The first-order chi connectivity index (χ1) is 10.2. The molecule has 7 nitrogen and oxygen atoms in total. The summed E-state index contributed by atoms with van der Waals surface area (Å²) in [4.78, 5) is 16.0. The van der Waals surface area contributed by atoms with Gasteiger partial charge in [-0.2, -0.15) is 0 Å². The number of nitrogens with one attached hydrogen (secondary N) is 2. The van der Waals surface area contributed by atoms with Gasteiger partial charge < -0.3 is 19.5 Å². The number of hydrogen-bond donors (Lipinski definition) is 2. The van der Waals surface area contributed by atoms with Gasteiger partial charge in [-0.3, -0.25) is 10.3 Å². The molecule has 0 fully saturated rings. The van der Waals surface area contributed by atoms with Gasteiger partial charge in [-0.15, -0.1) is 0 Å². The second-order valence-corrected chi connectivity index (χ2v) is 5.11. The largest absolute Gasteiger partial charge is 0.493 e. The van der Waals surface area contributed by atoms with Crippen LogP contribution in [0.25, 0.3) is 0 Å². The number of benzene rings is 1. The number of urea groups is 1. The number of rotatable bonds is 4. The molecule has 0 radical (unpaired) electrons. The van der Waals surface area contributed by atoms with Crippen LogP contribution < -0.4 is 24.8 Å². The number of amidine groups is 1. The number of ether oxygens (including phenoxy) is 3. The monoisotopic (exact) mass is 311 g/mol. The van der Waals surface area contributed by atoms with Crippen molar-refractivity contribution in [2.45, 2.75) is 0 Å². The molecule has 0 aliphatic carbocycles. The number of hydrogen-bond acceptors (Lipinski definition) is 6. The van der Waals surface area contributed by atoms with E-state index in [2.05, 4.69) is 15.6 Å². The van der Waals surface area contributed by atoms with Crippen LogP contribution in [0.5, 0.6) is 17.2 Å². The maximum Gasteiger partial charge on any atom is 0.325 e. The Morgan fingerprint density at radius 1 is 1.14 bits per heavy atom. The first kappa shape index (κ1) is 15.3. The van der Waals surface area contributed by atoms with E-state index in [0.717, 1.165) is 12.3 Å². The van der Waals surface area contributed by atoms with Gasteiger partial charge in [0, 0.05) is 17.9 Å². The third kappa shape index (κ3) is 3.72. The fourth-order valence-corrected chi connectivity index (χ4v) is 2.55. The van der Waals surface area contributed by atoms with Crippen molar-refractivity contribution in [3.63, 3.8) is 0 Å². The standard InChI is InChI=1S/C13H17N3O4S/c1-18-9-6-8(7-10(19-2)11(9)20-3)15-12(17)16-13-14-4-5-21-13/h6-7H,4-5H2,1-3H3,(H2,14,15,16,17). The summed E-state index contributed by atoms with van der Waals surface area (Å²) in [5, 5.41) is 6.02. The molecule has 0 saturated carbocycles. The lowest BCUT2D eigenvalue weighted by atomic mass is 10.2. The van der Waals surface area contributed by atoms with Crippen molar-refractivity contribution < 1.29 is 19.0 Å². The molecule has 2 amide bonds. The lowest BCUT2D eigenvalue weighted by Gasteiger charge is -2.14. The normalized spacial score (nSPS) is 13.4. The van der Waals surface area contributed by atoms with E-state index in [1.807, 2.05) is 0 Å². The quantitative estimate of drug-likeness (QED) is 0.888. The lowest BCUT2D eigenvalue weighted by Crippen LogP contribution is -2.31. The number of nitrogens with zero attached hydrogens (tertiary/aromatic N) is 1. The maximum atomic E-state index is 11.9. The summed E-state index contributed by atoms with van der Waals surface area (Å²) in [6.45, 7) is 0.727. The topological polar surface area (TPSA) is 81.2 Å². The van der Waals surface area contributed by atoms with Crippen molar-refractivity contribution in [3.05, 3.63) is 12.1 Å². The van der Waals surface area contributed by atoms with Crippen LogP contribution in [0.1, 0.15) is 0 Å². The fraction of sp³-hybridized carbons (Fsp3) is 0.385. The minimum absolute atomic E-state index is 0.363. The van der Waals surface area contributed by atoms with E-state index in [9.17, 15) is 4.79 Å². The summed E-state index contributed by atoms with van der Waals surface area (Å²) in [6, 6.07) is 2.95. The molecular weight excluding hydrogens is 294 g/mol. The van der Waals surface area contributed by atoms with Gasteiger partial charge >= 0.3 is 6.03 Å². The van der Waals surface area contributed by atoms with Crippen LogP contribution in [-0.4, -0.2) is 44.8 Å². The molecule has 0 aromatic heterocycles. The van der Waals surface area contributed by atoms with Crippen LogP contribution in [0.4, 0.5) is 10.5 Å². The fourth-order valence-electron chi connectivity index (χ4n) is 1.82. The molecule has 114 valence electrons. The van der Waals surface area contributed by atoms with Gasteiger partial charge in [-0.05, 0) is 0 Å². The Balaban J connectivity index is 2.13. The summed E-state index contributed by atoms with van der Waals surface area (Å²) in [5.41, 5.74) is 0.533. The first-order valence-electron chi connectivity index (χ1n) is 6.23. The molecule has 2 N–H and O–H groups in total. The Hall–Kier alpha value is -2.09. The highest BCUT2D eigenvalue weighted by molar-refractivity contribution is 8.14. The minimum Gasteiger partial charge on any atom is -0.493 e. The van der Waals surface area contributed by atoms with E-state index in [1.165, 1.54) is 33.1 Å². The van der Waals surface area contributed by atoms with Gasteiger partial charge in [0.05, 0.1) is 33.6 Å². The van der Waals surface area contributed by atoms with Gasteiger partial charge in [0.2, 0.25) is 5.75 Å². The average molecular weight is 311 g/mol. The molecule has 21 heavy (non-hydrogen) atoms. The van der Waals surface area contributed by atoms with Crippen molar-refractivity contribution >= 4 is 28.6 Å². The molecule has 1 aromatic rings. The van der Waals surface area contributed by atoms with Gasteiger partial charge in [0.15, 0.2) is 16.7 Å². The number of thioether (sulfide) groups is 1. The van der Waals surface area contributed by atoms with E-state index in [1.54, 1.807) is 12.1 Å². The Bertz CT molecular complexity index is 537. The first-order valence-corrected chi connectivity index (χ1v) is 7.21. The van der Waals surface area contributed by atoms with Crippen molar-refractivity contribution in [2.75, 3.05) is 38.9 Å². The number of methoxy groups -OCH3 is 3. The van der Waals surface area contributed by atoms with Gasteiger partial charge in [0.1, 0.15) is 0 Å². The van der Waals surface area contributed by atoms with Crippen molar-refractivity contribution in [1.29, 1.82) is 0 Å². The molecule has 2 rings (SSSR count). The summed E-state index contributed by atoms with van der Waals surface area (Å²) in [5.74, 6) is 2.31. The minimum atomic E-state index is -0.363. The zero-order chi connectivity index (χ0) is 15.2. The second kappa shape index (κ2) is 7.07. The molecule has 1 aromatic carbocycles. The van der Waals surface area contributed by atoms with Crippen LogP contribution in [0, 0.1) is 0 Å². The van der Waals surface area contributed by atoms with Crippen LogP contribution in [0.15, 0.2) is 17.1 Å². The number of anilines is 1. The van der Waals surface area contributed by atoms with Crippen LogP contribution >= 0.6 is 11.8 Å². The molecule has 8 heteroatoms. The highest BCUT2D eigenvalue weighted by atomic mass is 32.2. The van der Waals surface area contributed by atoms with Crippen LogP contribution in [-0.2, 0) is 0 Å². The van der Waals surface area contributed by atoms with E-state index < -0.39 is 0 Å². The Labute approximate surface area is 127 Å². The number of carbonyl (C=O) groups is 1. The summed E-state index contributed by atoms with van der Waals surface area (Å²) in [7, 11) is 4.56. The number of carbonyl (C=O) groups excluding carboxylic acids is 1. The zero-order valence-electron chi connectivity index (χ0n) is 12.1. The summed E-state index contributed by atoms with van der Waals surface area (Å²) in [6.07, 6.45) is 0. The molecule has 0 saturated heterocycles. The Morgan fingerprint density at radius 2 is 1.81 bits per heavy atom. The van der Waals surface area contributed by atoms with Crippen molar-refractivity contribution in [1.82, 2.24) is 5.32 Å². The third-order valence-electron chi connectivity index (χ3n) is 2.73. The molecule has 1 aliphatic heterocycles. The predicted molar refractivity (Wildman–Crippen MR) is 83.0 cm³/mol. The van der Waals surface area contributed by atoms with E-state index in [0.29, 0.717) is 28.1 Å². The van der Waals surface area contributed by atoms with E-state index in [-0.39, 0.29) is 6.03 Å². The molecular formula is C13H17N3O4S. The highest BCUT2D eigenvalue weighted by Gasteiger charge is 2.15. The van der Waals surface area contributed by atoms with Gasteiger partial charge in [-0.1, -0.05) is 11.8 Å². The molecule has 0 atom stereocenters. The number of amides is 2. The number of aliphatic imine (C=N–C) groups is 1. The van der Waals surface area contributed by atoms with Crippen LogP contribution in [0.2, 0.25) is 0 Å². The predicted octanol–water partition coefficient (Wildman–Crippen LogP) is 1.94. The molecule has 1 aliphatic rings. The van der Waals surface area contributed by atoms with E-state index in [4.69, 9.17) is 14.2 Å². The molecule has 0 spiro atoms. The lowest BCUT2D eigenvalue weighted by molar-refractivity contribution is 0.256. The van der Waals surface area contributed by atoms with Gasteiger partial charge in [-0.25, -0.2) is 4.79 Å². The summed E-state index contributed by atoms with van der Waals surface area (Å²) >= 11 is 1.51. The van der Waals surface area contributed by atoms with Gasteiger partial charge in [0.25, 0.3) is 0 Å². The molecule has 1 heterocycles. The van der Waals surface area contributed by atoms with Crippen molar-refractivity contribution in [3.8, 4) is 17.2 Å². The van der Waals surface area contributed by atoms with Crippen molar-refractivity contribution in [2.24, 2.45) is 4.99 Å². The molecule has 0 unspecified atom stereocenters. The zero-order valence-corrected chi connectivity index (χ0v) is 12.9. The van der Waals surface area contributed by atoms with Crippen LogP contribution in [0.3, 0.4) is 0 Å². The maximum absolute atomic E-state index is 11.9.